The second-order valence-corrected chi connectivity index (χ2v) is 3.74. The third-order valence-electron chi connectivity index (χ3n) is 2.27. The first-order valence-electron chi connectivity index (χ1n) is 4.90. The summed E-state index contributed by atoms with van der Waals surface area (Å²) >= 11 is 0. The summed E-state index contributed by atoms with van der Waals surface area (Å²) in [7, 11) is 0. The Hall–Kier alpha value is -1.35. The van der Waals surface area contributed by atoms with E-state index >= 15 is 0 Å². The van der Waals surface area contributed by atoms with E-state index in [1.807, 2.05) is 31.3 Å². The average molecular weight is 189 g/mol. The lowest BCUT2D eigenvalue weighted by molar-refractivity contribution is 0.589. The van der Waals surface area contributed by atoms with Crippen molar-refractivity contribution in [1.29, 1.82) is 0 Å². The molecule has 2 unspecified atom stereocenters. The predicted octanol–water partition coefficient (Wildman–Crippen LogP) is 1.59. The van der Waals surface area contributed by atoms with E-state index in [0.29, 0.717) is 0 Å². The summed E-state index contributed by atoms with van der Waals surface area (Å²) < 4.78 is 0. The Morgan fingerprint density at radius 3 is 3.07 bits per heavy atom. The first kappa shape index (κ1) is 9.21. The van der Waals surface area contributed by atoms with Crippen molar-refractivity contribution in [2.75, 3.05) is 5.32 Å². The predicted molar refractivity (Wildman–Crippen MR) is 59.7 cm³/mol. The summed E-state index contributed by atoms with van der Waals surface area (Å²) in [5, 5.41) is 3.35. The molecule has 2 rings (SSSR count). The third kappa shape index (κ3) is 1.93. The quantitative estimate of drug-likeness (QED) is 0.742. The number of aliphatic imine (C=N–C) groups is 1. The van der Waals surface area contributed by atoms with Gasteiger partial charge in [0, 0.05) is 29.9 Å². The van der Waals surface area contributed by atoms with E-state index in [-0.39, 0.29) is 12.2 Å². The number of nitrogens with zero attached hydrogens (tertiary/aromatic N) is 1. The van der Waals surface area contributed by atoms with Gasteiger partial charge in [0.25, 0.3) is 0 Å². The first-order chi connectivity index (χ1) is 6.75. The van der Waals surface area contributed by atoms with Crippen molar-refractivity contribution in [1.82, 2.24) is 0 Å². The van der Waals surface area contributed by atoms with Crippen molar-refractivity contribution >= 4 is 11.9 Å². The molecular weight excluding hydrogens is 174 g/mol. The van der Waals surface area contributed by atoms with Crippen molar-refractivity contribution in [2.24, 2.45) is 10.7 Å². The van der Waals surface area contributed by atoms with Gasteiger partial charge in [0.2, 0.25) is 0 Å². The SMILES string of the molecule is CC(N)CC1N=Cc2ccccc2N1. The fourth-order valence-corrected chi connectivity index (χ4v) is 1.60. The molecule has 3 heteroatoms. The highest BCUT2D eigenvalue weighted by molar-refractivity contribution is 5.89. The van der Waals surface area contributed by atoms with Crippen LogP contribution in [0.4, 0.5) is 5.69 Å². The van der Waals surface area contributed by atoms with Gasteiger partial charge in [-0.3, -0.25) is 4.99 Å². The molecule has 1 aromatic carbocycles. The number of hydrogen-bond donors (Lipinski definition) is 2. The summed E-state index contributed by atoms with van der Waals surface area (Å²) in [5.41, 5.74) is 8.02. The van der Waals surface area contributed by atoms with Gasteiger partial charge in [-0.25, -0.2) is 0 Å². The molecule has 0 aliphatic carbocycles. The zero-order valence-corrected chi connectivity index (χ0v) is 8.27. The largest absolute Gasteiger partial charge is 0.363 e. The Kier molecular flexibility index (Phi) is 2.50. The molecule has 3 N–H and O–H groups in total. The molecule has 1 heterocycles. The number of nitrogens with one attached hydrogen (secondary N) is 1. The minimum absolute atomic E-state index is 0.130. The molecule has 0 aromatic heterocycles. The van der Waals surface area contributed by atoms with E-state index < -0.39 is 0 Å². The second-order valence-electron chi connectivity index (χ2n) is 3.74. The number of para-hydroxylation sites is 1. The molecule has 2 atom stereocenters. The zero-order chi connectivity index (χ0) is 9.97. The summed E-state index contributed by atoms with van der Waals surface area (Å²) in [6.07, 6.45) is 2.91. The van der Waals surface area contributed by atoms with E-state index in [4.69, 9.17) is 5.73 Å². The standard InChI is InChI=1S/C11H15N3/c1-8(12)6-11-13-7-9-4-2-3-5-10(9)14-11/h2-5,7-8,11,14H,6,12H2,1H3. The topological polar surface area (TPSA) is 50.4 Å². The van der Waals surface area contributed by atoms with Crippen LogP contribution in [0.1, 0.15) is 18.9 Å². The molecule has 0 spiro atoms. The molecule has 0 amide bonds. The van der Waals surface area contributed by atoms with Gasteiger partial charge in [0.15, 0.2) is 0 Å². The van der Waals surface area contributed by atoms with Crippen molar-refractivity contribution in [2.45, 2.75) is 25.6 Å². The van der Waals surface area contributed by atoms with Crippen molar-refractivity contribution in [3.05, 3.63) is 29.8 Å². The smallest absolute Gasteiger partial charge is 0.120 e. The maximum atomic E-state index is 5.73. The summed E-state index contributed by atoms with van der Waals surface area (Å²) in [6.45, 7) is 2.00. The number of anilines is 1. The molecule has 0 fully saturated rings. The minimum atomic E-state index is 0.130. The number of fused-ring (bicyclic) bond motifs is 1. The summed E-state index contributed by atoms with van der Waals surface area (Å²) in [6, 6.07) is 8.32. The molecule has 14 heavy (non-hydrogen) atoms. The van der Waals surface area contributed by atoms with Gasteiger partial charge in [-0.2, -0.15) is 0 Å². The third-order valence-corrected chi connectivity index (χ3v) is 2.27. The van der Waals surface area contributed by atoms with Crippen LogP contribution in [0.15, 0.2) is 29.3 Å². The van der Waals surface area contributed by atoms with Crippen LogP contribution in [0.3, 0.4) is 0 Å². The van der Waals surface area contributed by atoms with Gasteiger partial charge in [-0.1, -0.05) is 18.2 Å². The Morgan fingerprint density at radius 2 is 2.29 bits per heavy atom. The molecule has 1 aliphatic rings. The van der Waals surface area contributed by atoms with Crippen molar-refractivity contribution in [3.63, 3.8) is 0 Å². The van der Waals surface area contributed by atoms with Crippen LogP contribution in [0.2, 0.25) is 0 Å². The van der Waals surface area contributed by atoms with Crippen LogP contribution >= 0.6 is 0 Å². The van der Waals surface area contributed by atoms with E-state index in [0.717, 1.165) is 17.7 Å². The Labute approximate surface area is 84.0 Å². The van der Waals surface area contributed by atoms with Gasteiger partial charge in [0.1, 0.15) is 6.17 Å². The van der Waals surface area contributed by atoms with Crippen LogP contribution in [-0.2, 0) is 0 Å². The molecule has 0 saturated heterocycles. The highest BCUT2D eigenvalue weighted by atomic mass is 15.1. The number of rotatable bonds is 2. The van der Waals surface area contributed by atoms with Crippen LogP contribution < -0.4 is 11.1 Å². The van der Waals surface area contributed by atoms with Crippen LogP contribution in [-0.4, -0.2) is 18.4 Å². The van der Waals surface area contributed by atoms with Gasteiger partial charge >= 0.3 is 0 Å². The highest BCUT2D eigenvalue weighted by Gasteiger charge is 2.13. The number of hydrogen-bond acceptors (Lipinski definition) is 3. The van der Waals surface area contributed by atoms with Crippen LogP contribution in [0.5, 0.6) is 0 Å². The van der Waals surface area contributed by atoms with E-state index in [1.54, 1.807) is 0 Å². The van der Waals surface area contributed by atoms with Crippen LogP contribution in [0, 0.1) is 0 Å². The van der Waals surface area contributed by atoms with Gasteiger partial charge in [-0.15, -0.1) is 0 Å². The Balaban J connectivity index is 2.13. The molecule has 0 saturated carbocycles. The molecule has 74 valence electrons. The van der Waals surface area contributed by atoms with Crippen molar-refractivity contribution in [3.8, 4) is 0 Å². The fraction of sp³-hybridized carbons (Fsp3) is 0.364. The molecule has 1 aromatic rings. The summed E-state index contributed by atoms with van der Waals surface area (Å²) in [4.78, 5) is 4.39. The first-order valence-corrected chi connectivity index (χ1v) is 4.90. The average Bonchev–Trinajstić information content (AvgIpc) is 2.17. The van der Waals surface area contributed by atoms with Gasteiger partial charge in [0.05, 0.1) is 0 Å². The summed E-state index contributed by atoms with van der Waals surface area (Å²) in [5.74, 6) is 0. The zero-order valence-electron chi connectivity index (χ0n) is 8.27. The molecule has 1 aliphatic heterocycles. The fourth-order valence-electron chi connectivity index (χ4n) is 1.60. The Bertz CT molecular complexity index is 344. The van der Waals surface area contributed by atoms with E-state index in [2.05, 4.69) is 16.4 Å². The van der Waals surface area contributed by atoms with Crippen molar-refractivity contribution < 1.29 is 0 Å². The number of nitrogens with two attached hydrogens (primary N) is 1. The molecular formula is C11H15N3. The lowest BCUT2D eigenvalue weighted by Crippen LogP contribution is -2.29. The normalized spacial score (nSPS) is 21.1. The minimum Gasteiger partial charge on any atom is -0.363 e. The van der Waals surface area contributed by atoms with Gasteiger partial charge in [-0.05, 0) is 13.0 Å². The molecule has 0 bridgehead atoms. The van der Waals surface area contributed by atoms with Crippen LogP contribution in [0.25, 0.3) is 0 Å². The van der Waals surface area contributed by atoms with E-state index in [9.17, 15) is 0 Å². The number of benzene rings is 1. The maximum absolute atomic E-state index is 5.73. The molecule has 0 radical (unpaired) electrons. The van der Waals surface area contributed by atoms with Gasteiger partial charge < -0.3 is 11.1 Å². The van der Waals surface area contributed by atoms with E-state index in [1.165, 1.54) is 0 Å². The monoisotopic (exact) mass is 189 g/mol. The lowest BCUT2D eigenvalue weighted by atomic mass is 10.1. The Morgan fingerprint density at radius 1 is 1.50 bits per heavy atom. The lowest BCUT2D eigenvalue weighted by Gasteiger charge is -2.22. The maximum Gasteiger partial charge on any atom is 0.120 e. The highest BCUT2D eigenvalue weighted by Crippen LogP contribution is 2.19. The molecule has 3 nitrogen and oxygen atoms in total. The second kappa shape index (κ2) is 3.80.